The number of hydrogen-bond donors (Lipinski definition) is 1. The van der Waals surface area contributed by atoms with E-state index in [1.807, 2.05) is 68.9 Å². The summed E-state index contributed by atoms with van der Waals surface area (Å²) in [6, 6.07) is 7.69. The van der Waals surface area contributed by atoms with Crippen molar-refractivity contribution in [3.8, 4) is 0 Å². The van der Waals surface area contributed by atoms with Gasteiger partial charge in [0.15, 0.2) is 11.4 Å². The van der Waals surface area contributed by atoms with Crippen molar-refractivity contribution in [2.75, 3.05) is 0 Å². The second-order valence-corrected chi connectivity index (χ2v) is 7.45. The molecule has 3 heterocycles. The molecule has 1 fully saturated rings. The normalized spacial score (nSPS) is 26.8. The van der Waals surface area contributed by atoms with Crippen molar-refractivity contribution in [3.63, 3.8) is 0 Å². The molecule has 2 aliphatic rings. The Morgan fingerprint density at radius 1 is 1.12 bits per heavy atom. The van der Waals surface area contributed by atoms with E-state index >= 15 is 0 Å². The van der Waals surface area contributed by atoms with Gasteiger partial charge >= 0.3 is 7.12 Å². The van der Waals surface area contributed by atoms with Crippen molar-refractivity contribution in [3.05, 3.63) is 54.1 Å². The first kappa shape index (κ1) is 15.6. The van der Waals surface area contributed by atoms with Crippen molar-refractivity contribution in [2.45, 2.75) is 44.5 Å². The van der Waals surface area contributed by atoms with Crippen LogP contribution in [-0.2, 0) is 14.9 Å². The molecule has 1 aromatic heterocycles. The van der Waals surface area contributed by atoms with Crippen molar-refractivity contribution in [2.24, 2.45) is 0 Å². The van der Waals surface area contributed by atoms with Crippen molar-refractivity contribution >= 4 is 18.8 Å². The fourth-order valence-electron chi connectivity index (χ4n) is 3.12. The number of fused-ring (bicyclic) bond motifs is 1. The standard InChI is InChI=1S/C18H21BN2O3/c1-16(2)17(3,4)24-19(23-16)14-7-5-6-13(12-14)18(22)8-10-21-11-9-20-15(18)21/h5-12,22H,1-4H3. The van der Waals surface area contributed by atoms with Gasteiger partial charge in [-0.25, -0.2) is 4.98 Å². The lowest BCUT2D eigenvalue weighted by Crippen LogP contribution is -2.41. The van der Waals surface area contributed by atoms with Gasteiger partial charge in [0, 0.05) is 18.6 Å². The Labute approximate surface area is 142 Å². The van der Waals surface area contributed by atoms with E-state index in [1.54, 1.807) is 12.3 Å². The fraction of sp³-hybridized carbons (Fsp3) is 0.389. The average molecular weight is 324 g/mol. The van der Waals surface area contributed by atoms with Crippen LogP contribution in [0.2, 0.25) is 0 Å². The first-order valence-electron chi connectivity index (χ1n) is 8.14. The Hall–Kier alpha value is -1.89. The maximum Gasteiger partial charge on any atom is 0.494 e. The largest absolute Gasteiger partial charge is 0.494 e. The lowest BCUT2D eigenvalue weighted by molar-refractivity contribution is 0.00578. The predicted molar refractivity (Wildman–Crippen MR) is 92.7 cm³/mol. The second-order valence-electron chi connectivity index (χ2n) is 7.45. The molecule has 0 bridgehead atoms. The van der Waals surface area contributed by atoms with Crippen LogP contribution in [0.3, 0.4) is 0 Å². The van der Waals surface area contributed by atoms with Crippen LogP contribution in [0.1, 0.15) is 39.1 Å². The highest BCUT2D eigenvalue weighted by molar-refractivity contribution is 6.62. The molecule has 0 spiro atoms. The molecule has 1 atom stereocenters. The fourth-order valence-corrected chi connectivity index (χ4v) is 3.12. The minimum absolute atomic E-state index is 0.395. The summed E-state index contributed by atoms with van der Waals surface area (Å²) in [6.07, 6.45) is 7.08. The van der Waals surface area contributed by atoms with Gasteiger partial charge in [0.2, 0.25) is 0 Å². The zero-order valence-corrected chi connectivity index (χ0v) is 14.4. The minimum Gasteiger partial charge on any atom is -0.399 e. The van der Waals surface area contributed by atoms with Gasteiger partial charge in [-0.05, 0) is 44.8 Å². The molecule has 1 aromatic carbocycles. The van der Waals surface area contributed by atoms with Gasteiger partial charge in [-0.15, -0.1) is 0 Å². The van der Waals surface area contributed by atoms with E-state index in [-0.39, 0.29) is 0 Å². The van der Waals surface area contributed by atoms with Crippen molar-refractivity contribution < 1.29 is 14.4 Å². The van der Waals surface area contributed by atoms with Crippen LogP contribution in [0.5, 0.6) is 0 Å². The van der Waals surface area contributed by atoms with E-state index in [4.69, 9.17) is 9.31 Å². The Balaban J connectivity index is 1.71. The zero-order chi connectivity index (χ0) is 17.2. The molecule has 4 rings (SSSR count). The predicted octanol–water partition coefficient (Wildman–Crippen LogP) is 1.90. The van der Waals surface area contributed by atoms with Gasteiger partial charge in [-0.2, -0.15) is 0 Å². The summed E-state index contributed by atoms with van der Waals surface area (Å²) in [7, 11) is -0.455. The van der Waals surface area contributed by atoms with E-state index in [2.05, 4.69) is 4.98 Å². The minimum atomic E-state index is -1.23. The number of rotatable bonds is 2. The van der Waals surface area contributed by atoms with E-state index in [9.17, 15) is 5.11 Å². The summed E-state index contributed by atoms with van der Waals surface area (Å²) >= 11 is 0. The number of aromatic nitrogens is 2. The van der Waals surface area contributed by atoms with Gasteiger partial charge in [-0.3, -0.25) is 0 Å². The van der Waals surface area contributed by atoms with Crippen LogP contribution in [0, 0.1) is 0 Å². The highest BCUT2D eigenvalue weighted by Crippen LogP contribution is 2.37. The van der Waals surface area contributed by atoms with Crippen LogP contribution in [0.25, 0.3) is 6.20 Å². The summed E-state index contributed by atoms with van der Waals surface area (Å²) in [4.78, 5) is 4.29. The topological polar surface area (TPSA) is 56.5 Å². The van der Waals surface area contributed by atoms with Gasteiger partial charge in [0.1, 0.15) is 0 Å². The molecule has 6 heteroatoms. The molecule has 124 valence electrons. The molecule has 5 nitrogen and oxygen atoms in total. The molecule has 0 amide bonds. The summed E-state index contributed by atoms with van der Waals surface area (Å²) in [5.41, 5.74) is -0.389. The van der Waals surface area contributed by atoms with Gasteiger partial charge < -0.3 is 19.0 Å². The zero-order valence-electron chi connectivity index (χ0n) is 14.4. The molecular weight excluding hydrogens is 303 g/mol. The maximum absolute atomic E-state index is 11.1. The van der Waals surface area contributed by atoms with Crippen LogP contribution < -0.4 is 5.46 Å². The SMILES string of the molecule is CC1(C)OB(c2cccc(C3(O)C=Cn4ccnc43)c2)OC1(C)C. The first-order valence-corrected chi connectivity index (χ1v) is 8.14. The monoisotopic (exact) mass is 324 g/mol. The second kappa shape index (κ2) is 4.82. The number of nitrogens with zero attached hydrogens (tertiary/aromatic N) is 2. The highest BCUT2D eigenvalue weighted by atomic mass is 16.7. The quantitative estimate of drug-likeness (QED) is 0.858. The van der Waals surface area contributed by atoms with Crippen molar-refractivity contribution in [1.82, 2.24) is 9.55 Å². The molecule has 2 aliphatic heterocycles. The summed E-state index contributed by atoms with van der Waals surface area (Å²) in [6.45, 7) is 8.11. The van der Waals surface area contributed by atoms with Crippen LogP contribution in [0.15, 0.2) is 42.7 Å². The molecule has 0 radical (unpaired) electrons. The first-order chi connectivity index (χ1) is 11.2. The van der Waals surface area contributed by atoms with Gasteiger partial charge in [0.05, 0.1) is 11.2 Å². The lowest BCUT2D eigenvalue weighted by atomic mass is 9.77. The van der Waals surface area contributed by atoms with Crippen LogP contribution in [0.4, 0.5) is 0 Å². The Bertz CT molecular complexity index is 811. The number of benzene rings is 1. The van der Waals surface area contributed by atoms with Gasteiger partial charge in [-0.1, -0.05) is 24.3 Å². The molecular formula is C18H21BN2O3. The Morgan fingerprint density at radius 3 is 2.54 bits per heavy atom. The van der Waals surface area contributed by atoms with E-state index in [1.165, 1.54) is 0 Å². The lowest BCUT2D eigenvalue weighted by Gasteiger charge is -2.32. The van der Waals surface area contributed by atoms with Crippen LogP contribution in [-0.4, -0.2) is 33.0 Å². The summed E-state index contributed by atoms with van der Waals surface area (Å²) in [5, 5.41) is 11.1. The summed E-state index contributed by atoms with van der Waals surface area (Å²) < 4.78 is 14.0. The third-order valence-electron chi connectivity index (χ3n) is 5.34. The number of aliphatic hydroxyl groups is 1. The molecule has 1 N–H and O–H groups in total. The molecule has 2 aromatic rings. The van der Waals surface area contributed by atoms with Gasteiger partial charge in [0.25, 0.3) is 0 Å². The van der Waals surface area contributed by atoms with E-state index in [0.29, 0.717) is 5.82 Å². The number of hydrogen-bond acceptors (Lipinski definition) is 4. The number of imidazole rings is 1. The molecule has 0 saturated carbocycles. The summed E-state index contributed by atoms with van der Waals surface area (Å²) in [5.74, 6) is 0.591. The van der Waals surface area contributed by atoms with E-state index in [0.717, 1.165) is 11.0 Å². The Morgan fingerprint density at radius 2 is 1.83 bits per heavy atom. The molecule has 24 heavy (non-hydrogen) atoms. The van der Waals surface area contributed by atoms with Crippen LogP contribution >= 0.6 is 0 Å². The molecule has 1 unspecified atom stereocenters. The van der Waals surface area contributed by atoms with E-state index < -0.39 is 23.9 Å². The van der Waals surface area contributed by atoms with Crippen molar-refractivity contribution in [1.29, 1.82) is 0 Å². The highest BCUT2D eigenvalue weighted by Gasteiger charge is 2.52. The molecule has 0 aliphatic carbocycles. The Kier molecular flexibility index (Phi) is 3.14. The average Bonchev–Trinajstić information content (AvgIpc) is 3.16. The molecule has 1 saturated heterocycles. The third-order valence-corrected chi connectivity index (χ3v) is 5.34. The smallest absolute Gasteiger partial charge is 0.399 e. The maximum atomic E-state index is 11.1. The third kappa shape index (κ3) is 2.10.